The van der Waals surface area contributed by atoms with Gasteiger partial charge in [0, 0.05) is 33.2 Å². The van der Waals surface area contributed by atoms with Crippen LogP contribution in [-0.4, -0.2) is 54.9 Å². The van der Waals surface area contributed by atoms with Gasteiger partial charge in [-0.1, -0.05) is 0 Å². The molecule has 0 fully saturated rings. The molecule has 0 aliphatic rings. The molecule has 94 valence electrons. The highest BCUT2D eigenvalue weighted by Crippen LogP contribution is 1.98. The van der Waals surface area contributed by atoms with Crippen LogP contribution >= 0.6 is 0 Å². The molecule has 6 nitrogen and oxygen atoms in total. The van der Waals surface area contributed by atoms with Crippen molar-refractivity contribution < 1.29 is 19.4 Å². The molecular formula is C10H20N2O4. The maximum absolute atomic E-state index is 11.6. The molecule has 0 saturated heterocycles. The van der Waals surface area contributed by atoms with Gasteiger partial charge in [0.15, 0.2) is 0 Å². The predicted molar refractivity (Wildman–Crippen MR) is 59.3 cm³/mol. The summed E-state index contributed by atoms with van der Waals surface area (Å²) in [6.45, 7) is 4.00. The monoisotopic (exact) mass is 232 g/mol. The summed E-state index contributed by atoms with van der Waals surface area (Å²) in [4.78, 5) is 23.9. The van der Waals surface area contributed by atoms with Gasteiger partial charge in [0.2, 0.25) is 0 Å². The zero-order valence-electron chi connectivity index (χ0n) is 10.2. The van der Waals surface area contributed by atoms with Gasteiger partial charge in [-0.05, 0) is 13.8 Å². The quantitative estimate of drug-likeness (QED) is 0.700. The molecule has 6 heteroatoms. The van der Waals surface area contributed by atoms with E-state index in [1.54, 1.807) is 7.05 Å². The number of aliphatic carboxylic acids is 1. The molecule has 0 saturated carbocycles. The number of hydrogen-bond acceptors (Lipinski definition) is 3. The van der Waals surface area contributed by atoms with E-state index in [2.05, 4.69) is 5.32 Å². The van der Waals surface area contributed by atoms with Crippen molar-refractivity contribution >= 4 is 12.0 Å². The summed E-state index contributed by atoms with van der Waals surface area (Å²) in [5.74, 6) is -1.05. The van der Waals surface area contributed by atoms with Crippen molar-refractivity contribution in [2.24, 2.45) is 0 Å². The van der Waals surface area contributed by atoms with Crippen LogP contribution in [0.3, 0.4) is 0 Å². The number of carbonyl (C=O) groups excluding carboxylic acids is 1. The first kappa shape index (κ1) is 14.7. The molecule has 0 aromatic carbocycles. The minimum absolute atomic E-state index is 0.0249. The van der Waals surface area contributed by atoms with Crippen LogP contribution in [0.2, 0.25) is 0 Å². The fourth-order valence-corrected chi connectivity index (χ4v) is 0.978. The predicted octanol–water partition coefficient (Wildman–Crippen LogP) is 0.526. The van der Waals surface area contributed by atoms with Gasteiger partial charge >= 0.3 is 12.0 Å². The first-order valence-corrected chi connectivity index (χ1v) is 5.15. The average molecular weight is 232 g/mol. The zero-order chi connectivity index (χ0) is 12.7. The van der Waals surface area contributed by atoms with Gasteiger partial charge in [-0.25, -0.2) is 9.59 Å². The van der Waals surface area contributed by atoms with Crippen molar-refractivity contribution in [2.75, 3.05) is 20.8 Å². The third kappa shape index (κ3) is 4.97. The lowest BCUT2D eigenvalue weighted by Gasteiger charge is -2.24. The Balaban J connectivity index is 4.28. The van der Waals surface area contributed by atoms with Crippen LogP contribution in [0.4, 0.5) is 4.79 Å². The third-order valence-corrected chi connectivity index (χ3v) is 2.30. The molecule has 0 radical (unpaired) electrons. The van der Waals surface area contributed by atoms with Crippen molar-refractivity contribution in [1.29, 1.82) is 0 Å². The highest BCUT2D eigenvalue weighted by Gasteiger charge is 2.22. The van der Waals surface area contributed by atoms with Crippen LogP contribution in [-0.2, 0) is 9.53 Å². The largest absolute Gasteiger partial charge is 0.480 e. The molecule has 0 heterocycles. The van der Waals surface area contributed by atoms with Gasteiger partial charge in [0.25, 0.3) is 0 Å². The van der Waals surface area contributed by atoms with E-state index in [9.17, 15) is 9.59 Å². The number of methoxy groups -OCH3 is 1. The fourth-order valence-electron chi connectivity index (χ4n) is 0.978. The van der Waals surface area contributed by atoms with Crippen molar-refractivity contribution in [3.63, 3.8) is 0 Å². The van der Waals surface area contributed by atoms with Crippen LogP contribution < -0.4 is 5.32 Å². The molecule has 16 heavy (non-hydrogen) atoms. The zero-order valence-corrected chi connectivity index (χ0v) is 10.2. The van der Waals surface area contributed by atoms with E-state index in [1.165, 1.54) is 12.0 Å². The Morgan fingerprint density at radius 2 is 2.00 bits per heavy atom. The Morgan fingerprint density at radius 1 is 1.44 bits per heavy atom. The molecule has 0 aliphatic heterocycles. The number of carboxylic acids is 1. The lowest BCUT2D eigenvalue weighted by atomic mass is 10.2. The van der Waals surface area contributed by atoms with Crippen LogP contribution in [0, 0.1) is 0 Å². The highest BCUT2D eigenvalue weighted by molar-refractivity contribution is 5.82. The van der Waals surface area contributed by atoms with Crippen LogP contribution in [0.15, 0.2) is 0 Å². The van der Waals surface area contributed by atoms with Gasteiger partial charge in [0.05, 0.1) is 0 Å². The molecule has 0 bridgehead atoms. The smallest absolute Gasteiger partial charge is 0.326 e. The molecule has 0 spiro atoms. The van der Waals surface area contributed by atoms with E-state index >= 15 is 0 Å². The van der Waals surface area contributed by atoms with Gasteiger partial charge < -0.3 is 20.1 Å². The van der Waals surface area contributed by atoms with E-state index in [-0.39, 0.29) is 12.5 Å². The SMILES string of the molecule is COCCC(NC(=O)N(C)C(C)C)C(=O)O. The van der Waals surface area contributed by atoms with E-state index in [1.807, 2.05) is 13.8 Å². The first-order chi connectivity index (χ1) is 7.40. The Kier molecular flexibility index (Phi) is 6.48. The number of nitrogens with one attached hydrogen (secondary N) is 1. The molecule has 0 aliphatic carbocycles. The molecule has 0 rings (SSSR count). The van der Waals surface area contributed by atoms with Gasteiger partial charge in [0.1, 0.15) is 6.04 Å². The van der Waals surface area contributed by atoms with Crippen molar-refractivity contribution in [1.82, 2.24) is 10.2 Å². The Morgan fingerprint density at radius 3 is 2.38 bits per heavy atom. The van der Waals surface area contributed by atoms with Crippen molar-refractivity contribution in [3.05, 3.63) is 0 Å². The summed E-state index contributed by atoms with van der Waals surface area (Å²) in [6, 6.07) is -1.27. The molecule has 0 aromatic rings. The number of carbonyl (C=O) groups is 2. The fraction of sp³-hybridized carbons (Fsp3) is 0.800. The number of nitrogens with zero attached hydrogens (tertiary/aromatic N) is 1. The number of carboxylic acid groups (broad SMARTS) is 1. The van der Waals surface area contributed by atoms with Crippen LogP contribution in [0.25, 0.3) is 0 Å². The van der Waals surface area contributed by atoms with Crippen LogP contribution in [0.1, 0.15) is 20.3 Å². The Bertz CT molecular complexity index is 243. The lowest BCUT2D eigenvalue weighted by Crippen LogP contribution is -2.48. The van der Waals surface area contributed by atoms with Crippen LogP contribution in [0.5, 0.6) is 0 Å². The minimum Gasteiger partial charge on any atom is -0.480 e. The van der Waals surface area contributed by atoms with Gasteiger partial charge in [-0.2, -0.15) is 0 Å². The number of rotatable bonds is 6. The maximum Gasteiger partial charge on any atom is 0.326 e. The molecule has 0 aromatic heterocycles. The Labute approximate surface area is 95.6 Å². The summed E-state index contributed by atoms with van der Waals surface area (Å²) >= 11 is 0. The standard InChI is InChI=1S/C10H20N2O4/c1-7(2)12(3)10(15)11-8(9(13)14)5-6-16-4/h7-8H,5-6H2,1-4H3,(H,11,15)(H,13,14). The number of amides is 2. The lowest BCUT2D eigenvalue weighted by molar-refractivity contribution is -0.139. The third-order valence-electron chi connectivity index (χ3n) is 2.30. The first-order valence-electron chi connectivity index (χ1n) is 5.15. The van der Waals surface area contributed by atoms with Gasteiger partial charge in [-0.3, -0.25) is 0 Å². The summed E-state index contributed by atoms with van der Waals surface area (Å²) in [6.07, 6.45) is 0.253. The van der Waals surface area contributed by atoms with E-state index in [4.69, 9.17) is 9.84 Å². The molecule has 2 amide bonds. The maximum atomic E-state index is 11.6. The van der Waals surface area contributed by atoms with E-state index in [0.717, 1.165) is 0 Å². The number of ether oxygens (including phenoxy) is 1. The van der Waals surface area contributed by atoms with Crippen molar-refractivity contribution in [3.8, 4) is 0 Å². The summed E-state index contributed by atoms with van der Waals surface area (Å²) in [7, 11) is 3.11. The van der Waals surface area contributed by atoms with E-state index < -0.39 is 18.0 Å². The second-order valence-electron chi connectivity index (χ2n) is 3.83. The molecule has 2 N–H and O–H groups in total. The number of urea groups is 1. The summed E-state index contributed by atoms with van der Waals surface area (Å²) < 4.78 is 4.78. The van der Waals surface area contributed by atoms with Crippen molar-refractivity contribution in [2.45, 2.75) is 32.4 Å². The minimum atomic E-state index is -1.05. The second-order valence-corrected chi connectivity index (χ2v) is 3.83. The molecule has 1 unspecified atom stereocenters. The number of hydrogen-bond donors (Lipinski definition) is 2. The molecular weight excluding hydrogens is 212 g/mol. The Hall–Kier alpha value is -1.30. The summed E-state index contributed by atoms with van der Waals surface area (Å²) in [5, 5.41) is 11.3. The second kappa shape index (κ2) is 7.05. The normalized spacial score (nSPS) is 12.3. The topological polar surface area (TPSA) is 78.9 Å². The van der Waals surface area contributed by atoms with Gasteiger partial charge in [-0.15, -0.1) is 0 Å². The molecule has 1 atom stereocenters. The highest BCUT2D eigenvalue weighted by atomic mass is 16.5. The summed E-state index contributed by atoms with van der Waals surface area (Å²) in [5.41, 5.74) is 0. The van der Waals surface area contributed by atoms with E-state index in [0.29, 0.717) is 6.61 Å². The average Bonchev–Trinajstić information content (AvgIpc) is 2.21.